The molecule has 2 rings (SSSR count). The Morgan fingerprint density at radius 2 is 1.93 bits per heavy atom. The molecule has 0 amide bonds. The molecule has 76 valence electrons. The van der Waals surface area contributed by atoms with Crippen LogP contribution < -0.4 is 10.6 Å². The number of anilines is 2. The van der Waals surface area contributed by atoms with Crippen LogP contribution in [0.1, 0.15) is 19.4 Å². The highest BCUT2D eigenvalue weighted by Gasteiger charge is 2.34. The zero-order valence-electron chi connectivity index (χ0n) is 9.17. The monoisotopic (exact) mass is 190 g/mol. The summed E-state index contributed by atoms with van der Waals surface area (Å²) in [5.74, 6) is 0. The van der Waals surface area contributed by atoms with Gasteiger partial charge in [0.15, 0.2) is 0 Å². The Morgan fingerprint density at radius 1 is 1.29 bits per heavy atom. The Bertz CT molecular complexity index is 347. The van der Waals surface area contributed by atoms with E-state index in [9.17, 15) is 0 Å². The Balaban J connectivity index is 2.22. The summed E-state index contributed by atoms with van der Waals surface area (Å²) in [4.78, 5) is 2.39. The van der Waals surface area contributed by atoms with Crippen LogP contribution in [0.15, 0.2) is 18.2 Å². The van der Waals surface area contributed by atoms with Crippen molar-refractivity contribution in [3.63, 3.8) is 0 Å². The highest BCUT2D eigenvalue weighted by Crippen LogP contribution is 2.35. The van der Waals surface area contributed by atoms with Crippen LogP contribution in [-0.2, 0) is 0 Å². The van der Waals surface area contributed by atoms with Gasteiger partial charge in [-0.05, 0) is 30.0 Å². The summed E-state index contributed by atoms with van der Waals surface area (Å²) in [6, 6.07) is 6.13. The van der Waals surface area contributed by atoms with Gasteiger partial charge < -0.3 is 10.6 Å². The van der Waals surface area contributed by atoms with Crippen LogP contribution >= 0.6 is 0 Å². The summed E-state index contributed by atoms with van der Waals surface area (Å²) in [5, 5.41) is 0. The van der Waals surface area contributed by atoms with E-state index in [-0.39, 0.29) is 0 Å². The van der Waals surface area contributed by atoms with Gasteiger partial charge in [-0.2, -0.15) is 0 Å². The van der Waals surface area contributed by atoms with Crippen molar-refractivity contribution in [2.75, 3.05) is 23.7 Å². The van der Waals surface area contributed by atoms with E-state index in [0.29, 0.717) is 5.41 Å². The first-order chi connectivity index (χ1) is 6.48. The third-order valence-electron chi connectivity index (χ3n) is 2.81. The Hall–Kier alpha value is -1.18. The molecule has 0 spiro atoms. The summed E-state index contributed by atoms with van der Waals surface area (Å²) in [7, 11) is 0. The third kappa shape index (κ3) is 1.57. The first-order valence-corrected chi connectivity index (χ1v) is 5.09. The van der Waals surface area contributed by atoms with Gasteiger partial charge in [0.05, 0.1) is 0 Å². The topological polar surface area (TPSA) is 29.3 Å². The highest BCUT2D eigenvalue weighted by atomic mass is 15.2. The molecule has 14 heavy (non-hydrogen) atoms. The fraction of sp³-hybridized carbons (Fsp3) is 0.500. The maximum Gasteiger partial charge on any atom is 0.0416 e. The minimum atomic E-state index is 0.469. The third-order valence-corrected chi connectivity index (χ3v) is 2.81. The van der Waals surface area contributed by atoms with Crippen molar-refractivity contribution < 1.29 is 0 Å². The fourth-order valence-corrected chi connectivity index (χ4v) is 2.12. The molecular weight excluding hydrogens is 172 g/mol. The smallest absolute Gasteiger partial charge is 0.0416 e. The molecule has 0 radical (unpaired) electrons. The predicted molar refractivity (Wildman–Crippen MR) is 61.6 cm³/mol. The molecule has 1 fully saturated rings. The number of hydrogen-bond acceptors (Lipinski definition) is 2. The van der Waals surface area contributed by atoms with E-state index < -0.39 is 0 Å². The summed E-state index contributed by atoms with van der Waals surface area (Å²) >= 11 is 0. The number of aryl methyl sites for hydroxylation is 1. The van der Waals surface area contributed by atoms with Crippen LogP contribution in [-0.4, -0.2) is 13.1 Å². The molecule has 2 heteroatoms. The second kappa shape index (κ2) is 2.91. The quantitative estimate of drug-likeness (QED) is 0.689. The average molecular weight is 190 g/mol. The lowest BCUT2D eigenvalue weighted by molar-refractivity contribution is 0.276. The predicted octanol–water partition coefficient (Wildman–Crippen LogP) is 2.42. The zero-order chi connectivity index (χ0) is 10.3. The molecule has 1 aliphatic rings. The van der Waals surface area contributed by atoms with Crippen molar-refractivity contribution in [1.29, 1.82) is 0 Å². The summed E-state index contributed by atoms with van der Waals surface area (Å²) in [5.41, 5.74) is 9.72. The molecule has 1 aliphatic heterocycles. The summed E-state index contributed by atoms with van der Waals surface area (Å²) in [6.07, 6.45) is 0. The lowest BCUT2D eigenvalue weighted by atomic mass is 9.83. The van der Waals surface area contributed by atoms with E-state index in [4.69, 9.17) is 5.73 Å². The van der Waals surface area contributed by atoms with Crippen LogP contribution in [0, 0.1) is 12.3 Å². The molecule has 0 aromatic heterocycles. The van der Waals surface area contributed by atoms with Crippen molar-refractivity contribution in [3.05, 3.63) is 23.8 Å². The van der Waals surface area contributed by atoms with E-state index >= 15 is 0 Å². The van der Waals surface area contributed by atoms with Gasteiger partial charge in [-0.1, -0.05) is 19.9 Å². The highest BCUT2D eigenvalue weighted by molar-refractivity contribution is 5.62. The van der Waals surface area contributed by atoms with Crippen LogP contribution in [0.25, 0.3) is 0 Å². The lowest BCUT2D eigenvalue weighted by Crippen LogP contribution is -2.53. The SMILES string of the molecule is Cc1ccc(N)cc1N1CC(C)(C)C1. The summed E-state index contributed by atoms with van der Waals surface area (Å²) < 4.78 is 0. The molecule has 1 saturated heterocycles. The molecule has 2 nitrogen and oxygen atoms in total. The molecule has 1 aromatic carbocycles. The summed E-state index contributed by atoms with van der Waals surface area (Å²) in [6.45, 7) is 9.00. The molecule has 0 aliphatic carbocycles. The molecule has 1 aromatic rings. The van der Waals surface area contributed by atoms with E-state index in [1.165, 1.54) is 11.3 Å². The normalized spacial score (nSPS) is 19.2. The Morgan fingerprint density at radius 3 is 2.50 bits per heavy atom. The first kappa shape index (κ1) is 9.38. The van der Waals surface area contributed by atoms with Crippen molar-refractivity contribution in [2.45, 2.75) is 20.8 Å². The van der Waals surface area contributed by atoms with Crippen LogP contribution in [0.5, 0.6) is 0 Å². The second-order valence-corrected chi connectivity index (χ2v) is 5.07. The van der Waals surface area contributed by atoms with Crippen LogP contribution in [0.4, 0.5) is 11.4 Å². The number of benzene rings is 1. The molecule has 2 N–H and O–H groups in total. The largest absolute Gasteiger partial charge is 0.399 e. The van der Waals surface area contributed by atoms with Crippen LogP contribution in [0.2, 0.25) is 0 Å². The maximum atomic E-state index is 5.79. The van der Waals surface area contributed by atoms with E-state index in [1.807, 2.05) is 6.07 Å². The van der Waals surface area contributed by atoms with Gasteiger partial charge in [0.25, 0.3) is 0 Å². The number of rotatable bonds is 1. The number of nitrogens with two attached hydrogens (primary N) is 1. The maximum absolute atomic E-state index is 5.79. The van der Waals surface area contributed by atoms with E-state index in [1.54, 1.807) is 0 Å². The lowest BCUT2D eigenvalue weighted by Gasteiger charge is -2.48. The van der Waals surface area contributed by atoms with Crippen molar-refractivity contribution in [1.82, 2.24) is 0 Å². The minimum Gasteiger partial charge on any atom is -0.399 e. The molecule has 1 heterocycles. The number of hydrogen-bond donors (Lipinski definition) is 1. The van der Waals surface area contributed by atoms with E-state index in [2.05, 4.69) is 37.8 Å². The first-order valence-electron chi connectivity index (χ1n) is 5.09. The van der Waals surface area contributed by atoms with E-state index in [0.717, 1.165) is 18.8 Å². The van der Waals surface area contributed by atoms with Gasteiger partial charge >= 0.3 is 0 Å². The number of nitrogen functional groups attached to an aromatic ring is 1. The average Bonchev–Trinajstić information content (AvgIpc) is 2.05. The van der Waals surface area contributed by atoms with Crippen molar-refractivity contribution >= 4 is 11.4 Å². The molecule has 0 bridgehead atoms. The fourth-order valence-electron chi connectivity index (χ4n) is 2.12. The molecule has 0 atom stereocenters. The van der Waals surface area contributed by atoms with Gasteiger partial charge in [0, 0.05) is 24.5 Å². The molecule has 0 unspecified atom stereocenters. The minimum absolute atomic E-state index is 0.469. The van der Waals surface area contributed by atoms with Gasteiger partial charge in [0.1, 0.15) is 0 Å². The van der Waals surface area contributed by atoms with Crippen molar-refractivity contribution in [2.24, 2.45) is 5.41 Å². The Labute approximate surface area is 85.7 Å². The van der Waals surface area contributed by atoms with Gasteiger partial charge in [-0.3, -0.25) is 0 Å². The van der Waals surface area contributed by atoms with Crippen molar-refractivity contribution in [3.8, 4) is 0 Å². The van der Waals surface area contributed by atoms with Crippen LogP contribution in [0.3, 0.4) is 0 Å². The zero-order valence-corrected chi connectivity index (χ0v) is 9.17. The van der Waals surface area contributed by atoms with Gasteiger partial charge in [-0.15, -0.1) is 0 Å². The second-order valence-electron chi connectivity index (χ2n) is 5.07. The molecule has 0 saturated carbocycles. The molecular formula is C12H18N2. The van der Waals surface area contributed by atoms with Gasteiger partial charge in [-0.25, -0.2) is 0 Å². The number of nitrogens with zero attached hydrogens (tertiary/aromatic N) is 1. The van der Waals surface area contributed by atoms with Gasteiger partial charge in [0.2, 0.25) is 0 Å². The standard InChI is InChI=1S/C12H18N2/c1-9-4-5-10(13)6-11(9)14-7-12(2,3)8-14/h4-6H,7-8,13H2,1-3H3. The Kier molecular flexibility index (Phi) is 1.95.